The lowest BCUT2D eigenvalue weighted by Crippen LogP contribution is -2.36. The van der Waals surface area contributed by atoms with E-state index in [1.165, 1.54) is 0 Å². The van der Waals surface area contributed by atoms with Crippen LogP contribution in [0.5, 0.6) is 0 Å². The topological polar surface area (TPSA) is 85.2 Å². The summed E-state index contributed by atoms with van der Waals surface area (Å²) in [6.07, 6.45) is 0. The van der Waals surface area contributed by atoms with Crippen molar-refractivity contribution in [1.29, 1.82) is 0 Å². The maximum Gasteiger partial charge on any atom is 0.474 e. The maximum absolute atomic E-state index is 12.0. The van der Waals surface area contributed by atoms with Crippen LogP contribution in [-0.4, -0.2) is 48.6 Å². The first-order valence-electron chi connectivity index (χ1n) is 5.32. The number of hydrogen-bond acceptors (Lipinski definition) is 6. The highest BCUT2D eigenvalue weighted by Gasteiger charge is 2.34. The van der Waals surface area contributed by atoms with Gasteiger partial charge in [0.1, 0.15) is 0 Å². The van der Waals surface area contributed by atoms with Crippen molar-refractivity contribution >= 4 is 23.8 Å². The van der Waals surface area contributed by atoms with Crippen molar-refractivity contribution in [1.82, 2.24) is 0 Å². The molecule has 0 fully saturated rings. The Labute approximate surface area is 110 Å². The number of phosphoric acid groups is 1. The molecule has 0 rings (SSSR count). The molecule has 0 unspecified atom stereocenters. The summed E-state index contributed by atoms with van der Waals surface area (Å²) in [5, 5.41) is 18.7. The maximum atomic E-state index is 12.0. The quantitative estimate of drug-likeness (QED) is 0.465. The van der Waals surface area contributed by atoms with Gasteiger partial charge in [-0.25, -0.2) is 4.57 Å². The van der Waals surface area contributed by atoms with Gasteiger partial charge in [0.05, 0.1) is 38.4 Å². The molecule has 104 valence electrons. The van der Waals surface area contributed by atoms with Gasteiger partial charge < -0.3 is 10.2 Å². The van der Waals surface area contributed by atoms with E-state index in [1.807, 2.05) is 0 Å². The number of alkyl halides is 1. The third kappa shape index (κ3) is 5.79. The number of aliphatic hydroxyl groups is 2. The van der Waals surface area contributed by atoms with Crippen LogP contribution >= 0.6 is 23.8 Å². The van der Waals surface area contributed by atoms with E-state index in [-0.39, 0.29) is 33.0 Å². The number of hydrogen-bond donors (Lipinski definition) is 2. The van der Waals surface area contributed by atoms with E-state index in [9.17, 15) is 14.8 Å². The third-order valence-corrected chi connectivity index (χ3v) is 4.84. The van der Waals surface area contributed by atoms with Crippen molar-refractivity contribution in [3.05, 3.63) is 0 Å². The van der Waals surface area contributed by atoms with Crippen molar-refractivity contribution in [2.75, 3.05) is 38.4 Å². The van der Waals surface area contributed by atoms with Gasteiger partial charge in [-0.05, 0) is 13.8 Å². The van der Waals surface area contributed by atoms with Gasteiger partial charge in [-0.3, -0.25) is 13.6 Å². The van der Waals surface area contributed by atoms with Gasteiger partial charge in [0.25, 0.3) is 0 Å². The highest BCUT2D eigenvalue weighted by atomic mass is 79.9. The van der Waals surface area contributed by atoms with Gasteiger partial charge >= 0.3 is 7.82 Å². The molecule has 0 aromatic heterocycles. The van der Waals surface area contributed by atoms with Crippen LogP contribution in [0.15, 0.2) is 0 Å². The smallest absolute Gasteiger partial charge is 0.396 e. The van der Waals surface area contributed by atoms with Gasteiger partial charge in [-0.15, -0.1) is 0 Å². The van der Waals surface area contributed by atoms with Crippen LogP contribution in [0, 0.1) is 5.41 Å². The summed E-state index contributed by atoms with van der Waals surface area (Å²) < 4.78 is 26.9. The molecular formula is C9H20BrO6P. The number of rotatable bonds is 10. The molecule has 0 atom stereocenters. The van der Waals surface area contributed by atoms with Gasteiger partial charge in [-0.2, -0.15) is 0 Å². The monoisotopic (exact) mass is 334 g/mol. The first kappa shape index (κ1) is 17.5. The molecule has 0 spiro atoms. The zero-order valence-electron chi connectivity index (χ0n) is 10.1. The normalized spacial score (nSPS) is 13.0. The van der Waals surface area contributed by atoms with Crippen LogP contribution in [0.2, 0.25) is 0 Å². The lowest BCUT2D eigenvalue weighted by Gasteiger charge is -2.28. The average Bonchev–Trinajstić information content (AvgIpc) is 2.32. The Hall–Kier alpha value is 0.510. The van der Waals surface area contributed by atoms with Crippen molar-refractivity contribution in [2.24, 2.45) is 5.41 Å². The zero-order chi connectivity index (χ0) is 13.4. The summed E-state index contributed by atoms with van der Waals surface area (Å²) in [6, 6.07) is 0. The summed E-state index contributed by atoms with van der Waals surface area (Å²) in [7, 11) is -3.60. The second kappa shape index (κ2) is 8.58. The fourth-order valence-corrected chi connectivity index (χ4v) is 2.71. The minimum Gasteiger partial charge on any atom is -0.396 e. The first-order valence-corrected chi connectivity index (χ1v) is 7.91. The van der Waals surface area contributed by atoms with Crippen LogP contribution in [0.25, 0.3) is 0 Å². The van der Waals surface area contributed by atoms with E-state index >= 15 is 0 Å². The minimum absolute atomic E-state index is 0.122. The van der Waals surface area contributed by atoms with Gasteiger partial charge in [0.2, 0.25) is 0 Å². The summed E-state index contributed by atoms with van der Waals surface area (Å²) in [4.78, 5) is 0. The predicted octanol–water partition coefficient (Wildman–Crippen LogP) is 1.55. The van der Waals surface area contributed by atoms with Gasteiger partial charge in [0.15, 0.2) is 0 Å². The van der Waals surface area contributed by atoms with Crippen molar-refractivity contribution in [3.8, 4) is 0 Å². The van der Waals surface area contributed by atoms with Crippen molar-refractivity contribution in [3.63, 3.8) is 0 Å². The molecule has 0 amide bonds. The highest BCUT2D eigenvalue weighted by molar-refractivity contribution is 9.09. The highest BCUT2D eigenvalue weighted by Crippen LogP contribution is 2.50. The third-order valence-electron chi connectivity index (χ3n) is 2.06. The molecule has 0 aliphatic rings. The predicted molar refractivity (Wildman–Crippen MR) is 67.2 cm³/mol. The molecular weight excluding hydrogens is 315 g/mol. The number of phosphoric ester groups is 1. The average molecular weight is 335 g/mol. The number of halogens is 1. The molecule has 0 radical (unpaired) electrons. The standard InChI is InChI=1S/C9H20BrO6P/c1-3-14-17(13,15-4-2)16-8-9(5-10,6-11)7-12/h11-12H,3-8H2,1-2H3. The largest absolute Gasteiger partial charge is 0.474 e. The number of aliphatic hydroxyl groups excluding tert-OH is 2. The van der Waals surface area contributed by atoms with E-state index in [1.54, 1.807) is 13.8 Å². The summed E-state index contributed by atoms with van der Waals surface area (Å²) in [6.45, 7) is 3.01. The lowest BCUT2D eigenvalue weighted by molar-refractivity contribution is 0.0140. The molecule has 0 aromatic carbocycles. The summed E-state index contributed by atoms with van der Waals surface area (Å²) in [5.41, 5.74) is -0.899. The van der Waals surface area contributed by atoms with E-state index in [0.717, 1.165) is 0 Å². The molecule has 0 aliphatic carbocycles. The van der Waals surface area contributed by atoms with E-state index in [0.29, 0.717) is 5.33 Å². The molecule has 0 heterocycles. The molecule has 2 N–H and O–H groups in total. The Morgan fingerprint density at radius 1 is 1.12 bits per heavy atom. The second-order valence-corrected chi connectivity index (χ2v) is 5.74. The fraction of sp³-hybridized carbons (Fsp3) is 1.00. The molecule has 8 heteroatoms. The SMILES string of the molecule is CCOP(=O)(OCC)OCC(CO)(CO)CBr. The first-order chi connectivity index (χ1) is 8.01. The van der Waals surface area contributed by atoms with Crippen LogP contribution in [0.4, 0.5) is 0 Å². The Balaban J connectivity index is 4.52. The molecule has 0 saturated heterocycles. The molecule has 6 nitrogen and oxygen atoms in total. The van der Waals surface area contributed by atoms with Crippen LogP contribution in [-0.2, 0) is 18.1 Å². The summed E-state index contributed by atoms with van der Waals surface area (Å²) >= 11 is 3.17. The molecule has 17 heavy (non-hydrogen) atoms. The van der Waals surface area contributed by atoms with E-state index in [4.69, 9.17) is 13.6 Å². The fourth-order valence-electron chi connectivity index (χ4n) is 0.908. The Morgan fingerprint density at radius 2 is 1.59 bits per heavy atom. The Kier molecular flexibility index (Phi) is 8.84. The van der Waals surface area contributed by atoms with Crippen molar-refractivity contribution in [2.45, 2.75) is 13.8 Å². The van der Waals surface area contributed by atoms with Gasteiger partial charge in [-0.1, -0.05) is 15.9 Å². The van der Waals surface area contributed by atoms with Crippen LogP contribution < -0.4 is 0 Å². The molecule has 0 aromatic rings. The minimum atomic E-state index is -3.60. The van der Waals surface area contributed by atoms with Gasteiger partial charge in [0, 0.05) is 5.33 Å². The van der Waals surface area contributed by atoms with Crippen molar-refractivity contribution < 1.29 is 28.3 Å². The lowest BCUT2D eigenvalue weighted by atomic mass is 9.95. The molecule has 0 aliphatic heterocycles. The Bertz CT molecular complexity index is 227. The zero-order valence-corrected chi connectivity index (χ0v) is 12.6. The van der Waals surface area contributed by atoms with E-state index < -0.39 is 13.2 Å². The second-order valence-electron chi connectivity index (χ2n) is 3.51. The molecule has 0 saturated carbocycles. The summed E-state index contributed by atoms with van der Waals surface area (Å²) in [5.74, 6) is 0. The Morgan fingerprint density at radius 3 is 1.88 bits per heavy atom. The van der Waals surface area contributed by atoms with Crippen LogP contribution in [0.1, 0.15) is 13.8 Å². The van der Waals surface area contributed by atoms with Crippen LogP contribution in [0.3, 0.4) is 0 Å². The molecule has 0 bridgehead atoms. The van der Waals surface area contributed by atoms with E-state index in [2.05, 4.69) is 15.9 Å².